The van der Waals surface area contributed by atoms with Crippen LogP contribution in [0.4, 0.5) is 4.79 Å². The van der Waals surface area contributed by atoms with Crippen molar-refractivity contribution in [2.24, 2.45) is 0 Å². The van der Waals surface area contributed by atoms with E-state index in [1.165, 1.54) is 0 Å². The molecular formula is C5H6N2O4. The van der Waals surface area contributed by atoms with Crippen molar-refractivity contribution in [1.29, 1.82) is 0 Å². The summed E-state index contributed by atoms with van der Waals surface area (Å²) in [4.78, 5) is 31.7. The highest BCUT2D eigenvalue weighted by Crippen LogP contribution is 2.03. The van der Waals surface area contributed by atoms with Gasteiger partial charge in [-0.3, -0.25) is 14.9 Å². The first-order valence-corrected chi connectivity index (χ1v) is 2.84. The van der Waals surface area contributed by atoms with E-state index >= 15 is 0 Å². The van der Waals surface area contributed by atoms with Gasteiger partial charge in [0.1, 0.15) is 0 Å². The first-order chi connectivity index (χ1) is 4.93. The Labute approximate surface area is 61.6 Å². The van der Waals surface area contributed by atoms with E-state index in [0.717, 1.165) is 6.92 Å². The smallest absolute Gasteiger partial charge is 0.324 e. The van der Waals surface area contributed by atoms with Gasteiger partial charge >= 0.3 is 11.9 Å². The number of carbonyl (C=O) groups is 3. The van der Waals surface area contributed by atoms with Crippen molar-refractivity contribution >= 4 is 17.7 Å². The van der Waals surface area contributed by atoms with Crippen molar-refractivity contribution in [3.05, 3.63) is 0 Å². The number of rotatable bonds is 0. The molecule has 1 atom stereocenters. The summed E-state index contributed by atoms with van der Waals surface area (Å²) in [6.45, 7) is 1.03. The van der Waals surface area contributed by atoms with Gasteiger partial charge in [0, 0.05) is 0 Å². The number of imide groups is 1. The van der Waals surface area contributed by atoms with Crippen LogP contribution in [0.1, 0.15) is 6.92 Å². The lowest BCUT2D eigenvalue weighted by Gasteiger charge is -2.26. The molecule has 6 nitrogen and oxygen atoms in total. The van der Waals surface area contributed by atoms with Gasteiger partial charge in [-0.15, -0.1) is 0 Å². The Bertz CT molecular complexity index is 245. The van der Waals surface area contributed by atoms with Gasteiger partial charge in [-0.25, -0.2) is 4.79 Å². The van der Waals surface area contributed by atoms with Gasteiger partial charge in [0.25, 0.3) is 5.78 Å². The Hall–Kier alpha value is -1.43. The van der Waals surface area contributed by atoms with E-state index in [1.807, 2.05) is 5.32 Å². The molecule has 0 bridgehead atoms. The van der Waals surface area contributed by atoms with Crippen LogP contribution in [0.5, 0.6) is 0 Å². The highest BCUT2D eigenvalue weighted by atomic mass is 16.3. The third kappa shape index (κ3) is 1.20. The molecule has 0 spiro atoms. The van der Waals surface area contributed by atoms with E-state index in [1.54, 1.807) is 5.32 Å². The second-order valence-electron chi connectivity index (χ2n) is 2.31. The first-order valence-electron chi connectivity index (χ1n) is 2.84. The van der Waals surface area contributed by atoms with Crippen LogP contribution in [-0.4, -0.2) is 28.6 Å². The topological polar surface area (TPSA) is 95.5 Å². The van der Waals surface area contributed by atoms with E-state index in [0.29, 0.717) is 0 Å². The minimum atomic E-state index is -2.07. The molecule has 6 heteroatoms. The Balaban J connectivity index is 2.92. The lowest BCUT2D eigenvalue weighted by molar-refractivity contribution is -0.151. The van der Waals surface area contributed by atoms with Gasteiger partial charge in [-0.2, -0.15) is 0 Å². The molecule has 1 saturated heterocycles. The predicted octanol–water partition coefficient (Wildman–Crippen LogP) is -1.90. The van der Waals surface area contributed by atoms with Gasteiger partial charge in [-0.1, -0.05) is 0 Å². The number of hydrogen-bond acceptors (Lipinski definition) is 4. The summed E-state index contributed by atoms with van der Waals surface area (Å²) >= 11 is 0. The molecule has 1 heterocycles. The van der Waals surface area contributed by atoms with Crippen LogP contribution in [0.25, 0.3) is 0 Å². The van der Waals surface area contributed by atoms with Gasteiger partial charge in [0.15, 0.2) is 0 Å². The number of carbonyl (C=O) groups excluding carboxylic acids is 3. The number of urea groups is 1. The minimum Gasteiger partial charge on any atom is -0.364 e. The summed E-state index contributed by atoms with van der Waals surface area (Å²) in [5.41, 5.74) is -2.07. The largest absolute Gasteiger partial charge is 0.364 e. The van der Waals surface area contributed by atoms with Crippen molar-refractivity contribution in [1.82, 2.24) is 10.6 Å². The van der Waals surface area contributed by atoms with Crippen LogP contribution in [0.15, 0.2) is 0 Å². The van der Waals surface area contributed by atoms with Crippen molar-refractivity contribution in [2.75, 3.05) is 0 Å². The second-order valence-corrected chi connectivity index (χ2v) is 2.31. The lowest BCUT2D eigenvalue weighted by atomic mass is 10.1. The van der Waals surface area contributed by atoms with Crippen LogP contribution in [-0.2, 0) is 9.59 Å². The highest BCUT2D eigenvalue weighted by Gasteiger charge is 2.42. The maximum absolute atomic E-state index is 10.7. The van der Waals surface area contributed by atoms with Crippen LogP contribution < -0.4 is 10.6 Å². The SMILES string of the molecule is CC1(O)NC(=O)NC(=O)C1=O. The molecule has 1 fully saturated rings. The van der Waals surface area contributed by atoms with Gasteiger partial charge in [0.05, 0.1) is 0 Å². The fourth-order valence-corrected chi connectivity index (χ4v) is 0.690. The number of nitrogens with one attached hydrogen (secondary N) is 2. The quantitative estimate of drug-likeness (QED) is 0.359. The van der Waals surface area contributed by atoms with Crippen molar-refractivity contribution in [3.63, 3.8) is 0 Å². The number of amides is 3. The zero-order valence-corrected chi connectivity index (χ0v) is 5.67. The Morgan fingerprint density at radius 3 is 2.36 bits per heavy atom. The average molecular weight is 158 g/mol. The zero-order valence-electron chi connectivity index (χ0n) is 5.67. The van der Waals surface area contributed by atoms with Gasteiger partial charge in [0.2, 0.25) is 5.72 Å². The highest BCUT2D eigenvalue weighted by molar-refractivity contribution is 6.43. The van der Waals surface area contributed by atoms with E-state index in [9.17, 15) is 14.4 Å². The third-order valence-corrected chi connectivity index (χ3v) is 1.23. The summed E-state index contributed by atoms with van der Waals surface area (Å²) in [6.07, 6.45) is 0. The molecule has 0 aromatic rings. The first kappa shape index (κ1) is 7.67. The average Bonchev–Trinajstić information content (AvgIpc) is 1.81. The fraction of sp³-hybridized carbons (Fsp3) is 0.400. The molecule has 11 heavy (non-hydrogen) atoms. The van der Waals surface area contributed by atoms with Crippen LogP contribution in [0.2, 0.25) is 0 Å². The molecule has 1 aliphatic rings. The molecule has 0 aromatic heterocycles. The van der Waals surface area contributed by atoms with Crippen LogP contribution >= 0.6 is 0 Å². The Morgan fingerprint density at radius 1 is 1.36 bits per heavy atom. The number of hydrogen-bond donors (Lipinski definition) is 3. The van der Waals surface area contributed by atoms with E-state index < -0.39 is 23.4 Å². The Kier molecular flexibility index (Phi) is 1.41. The molecule has 60 valence electrons. The normalized spacial score (nSPS) is 31.3. The molecule has 0 radical (unpaired) electrons. The van der Waals surface area contributed by atoms with Crippen molar-refractivity contribution in [3.8, 4) is 0 Å². The predicted molar refractivity (Wildman–Crippen MR) is 32.3 cm³/mol. The summed E-state index contributed by atoms with van der Waals surface area (Å²) < 4.78 is 0. The zero-order chi connectivity index (χ0) is 8.65. The summed E-state index contributed by atoms with van der Waals surface area (Å²) in [5, 5.41) is 12.6. The van der Waals surface area contributed by atoms with Gasteiger partial charge < -0.3 is 10.4 Å². The maximum atomic E-state index is 10.7. The standard InChI is InChI=1S/C5H6N2O4/c1-5(11)2(8)3(9)6-4(10)7-5/h11H,1H3,(H2,6,7,9,10). The molecule has 1 rings (SSSR count). The second kappa shape index (κ2) is 2.03. The molecule has 0 aromatic carbocycles. The van der Waals surface area contributed by atoms with Crippen molar-refractivity contribution in [2.45, 2.75) is 12.6 Å². The van der Waals surface area contributed by atoms with E-state index in [-0.39, 0.29) is 0 Å². The minimum absolute atomic E-state index is 0.875. The molecule has 1 aliphatic heterocycles. The van der Waals surface area contributed by atoms with E-state index in [4.69, 9.17) is 5.11 Å². The number of ketones is 1. The van der Waals surface area contributed by atoms with Crippen LogP contribution in [0, 0.1) is 0 Å². The summed E-state index contributed by atoms with van der Waals surface area (Å²) in [6, 6.07) is -0.875. The summed E-state index contributed by atoms with van der Waals surface area (Å²) in [7, 11) is 0. The van der Waals surface area contributed by atoms with Crippen molar-refractivity contribution < 1.29 is 19.5 Å². The number of aliphatic hydroxyl groups is 1. The van der Waals surface area contributed by atoms with E-state index in [2.05, 4.69) is 0 Å². The summed E-state index contributed by atoms with van der Waals surface area (Å²) in [5.74, 6) is -2.17. The molecule has 3 amide bonds. The third-order valence-electron chi connectivity index (χ3n) is 1.23. The molecule has 0 saturated carbocycles. The fourth-order valence-electron chi connectivity index (χ4n) is 0.690. The Morgan fingerprint density at radius 2 is 1.91 bits per heavy atom. The molecule has 1 unspecified atom stereocenters. The molecule has 3 N–H and O–H groups in total. The van der Waals surface area contributed by atoms with Gasteiger partial charge in [-0.05, 0) is 6.92 Å². The lowest BCUT2D eigenvalue weighted by Crippen LogP contribution is -2.65. The molecular weight excluding hydrogens is 152 g/mol. The maximum Gasteiger partial charge on any atom is 0.324 e. The number of Topliss-reactive ketones (excluding diaryl/α,β-unsaturated/α-hetero) is 1. The molecule has 0 aliphatic carbocycles. The van der Waals surface area contributed by atoms with Crippen LogP contribution in [0.3, 0.4) is 0 Å². The monoisotopic (exact) mass is 158 g/mol.